The van der Waals surface area contributed by atoms with Crippen LogP contribution >= 0.6 is 11.6 Å². The number of fused-ring (bicyclic) bond motifs is 2. The lowest BCUT2D eigenvalue weighted by molar-refractivity contribution is -0.147. The molecule has 0 saturated heterocycles. The van der Waals surface area contributed by atoms with Crippen LogP contribution in [0.5, 0.6) is 0 Å². The molecule has 0 aromatic heterocycles. The zero-order chi connectivity index (χ0) is 17.2. The van der Waals surface area contributed by atoms with Crippen molar-refractivity contribution >= 4 is 34.8 Å². The van der Waals surface area contributed by atoms with Crippen LogP contribution in [0.3, 0.4) is 0 Å². The minimum Gasteiger partial charge on any atom is -0.325 e. The second-order valence-electron chi connectivity index (χ2n) is 7.39. The molecule has 0 unspecified atom stereocenters. The quantitative estimate of drug-likeness (QED) is 0.665. The molecule has 2 atom stereocenters. The molecule has 0 spiro atoms. The van der Waals surface area contributed by atoms with Crippen LogP contribution in [0.15, 0.2) is 18.2 Å². The maximum absolute atomic E-state index is 13.0. The standard InChI is InChI=1S/C18H20ClNO3/c1-10-11(19)6-5-7-12(10)20-15(23)18-9-8-17(4,16(18,2)3)13(21)14(18)22/h5-7H,8-9H2,1-4H3,(H,20,23)/t17-,18+/m1/s1. The first-order chi connectivity index (χ1) is 10.6. The van der Waals surface area contributed by atoms with Gasteiger partial charge in [-0.2, -0.15) is 0 Å². The zero-order valence-electron chi connectivity index (χ0n) is 13.7. The predicted octanol–water partition coefficient (Wildman–Crippen LogP) is 3.55. The number of carbonyl (C=O) groups excluding carboxylic acids is 3. The Bertz CT molecular complexity index is 755. The van der Waals surface area contributed by atoms with Gasteiger partial charge < -0.3 is 5.32 Å². The number of hydrogen-bond acceptors (Lipinski definition) is 3. The summed E-state index contributed by atoms with van der Waals surface area (Å²) < 4.78 is 0. The van der Waals surface area contributed by atoms with Gasteiger partial charge in [0.15, 0.2) is 0 Å². The second-order valence-corrected chi connectivity index (χ2v) is 7.79. The Morgan fingerprint density at radius 1 is 1.13 bits per heavy atom. The summed E-state index contributed by atoms with van der Waals surface area (Å²) in [5.74, 6) is -1.35. The SMILES string of the molecule is Cc1c(Cl)cccc1NC(=O)[C@]12CC[C@](C)(C(=O)C1=O)C2(C)C. The number of rotatable bonds is 2. The molecular formula is C18H20ClNO3. The van der Waals surface area contributed by atoms with Crippen molar-refractivity contribution in [3.8, 4) is 0 Å². The van der Waals surface area contributed by atoms with E-state index in [1.54, 1.807) is 32.0 Å². The molecule has 1 N–H and O–H groups in total. The molecule has 2 bridgehead atoms. The monoisotopic (exact) mass is 333 g/mol. The molecule has 1 amide bonds. The van der Waals surface area contributed by atoms with Gasteiger partial charge in [-0.1, -0.05) is 38.4 Å². The minimum atomic E-state index is -1.28. The number of halogens is 1. The topological polar surface area (TPSA) is 63.2 Å². The molecule has 2 fully saturated rings. The highest BCUT2D eigenvalue weighted by atomic mass is 35.5. The average molecular weight is 334 g/mol. The molecule has 4 nitrogen and oxygen atoms in total. The highest BCUT2D eigenvalue weighted by molar-refractivity contribution is 6.49. The summed E-state index contributed by atoms with van der Waals surface area (Å²) in [5, 5.41) is 3.38. The Morgan fingerprint density at radius 2 is 1.78 bits per heavy atom. The van der Waals surface area contributed by atoms with Crippen molar-refractivity contribution in [2.24, 2.45) is 16.2 Å². The van der Waals surface area contributed by atoms with Crippen LogP contribution in [0.2, 0.25) is 5.02 Å². The third-order valence-electron chi connectivity index (χ3n) is 6.44. The lowest BCUT2D eigenvalue weighted by atomic mass is 9.64. The maximum Gasteiger partial charge on any atom is 0.239 e. The van der Waals surface area contributed by atoms with Gasteiger partial charge in [0, 0.05) is 16.1 Å². The van der Waals surface area contributed by atoms with Crippen LogP contribution in [0.4, 0.5) is 5.69 Å². The normalized spacial score (nSPS) is 31.5. The number of Topliss-reactive ketones (excluding diaryl/α,β-unsaturated/α-hetero) is 2. The van der Waals surface area contributed by atoms with Gasteiger partial charge in [0.1, 0.15) is 5.41 Å². The first-order valence-corrected chi connectivity index (χ1v) is 8.13. The Balaban J connectivity index is 2.04. The summed E-state index contributed by atoms with van der Waals surface area (Å²) >= 11 is 6.09. The largest absolute Gasteiger partial charge is 0.325 e. The summed E-state index contributed by atoms with van der Waals surface area (Å²) in [6.07, 6.45) is 0.971. The van der Waals surface area contributed by atoms with E-state index in [2.05, 4.69) is 5.32 Å². The van der Waals surface area contributed by atoms with Crippen LogP contribution in [-0.2, 0) is 14.4 Å². The second kappa shape index (κ2) is 4.67. The van der Waals surface area contributed by atoms with Gasteiger partial charge in [0.2, 0.25) is 17.5 Å². The first-order valence-electron chi connectivity index (χ1n) is 7.75. The molecule has 2 aliphatic rings. The van der Waals surface area contributed by atoms with Crippen LogP contribution in [0, 0.1) is 23.2 Å². The molecule has 2 aliphatic carbocycles. The van der Waals surface area contributed by atoms with E-state index in [9.17, 15) is 14.4 Å². The fraction of sp³-hybridized carbons (Fsp3) is 0.500. The van der Waals surface area contributed by atoms with Crippen molar-refractivity contribution in [1.29, 1.82) is 0 Å². The van der Waals surface area contributed by atoms with E-state index in [1.807, 2.05) is 13.8 Å². The molecule has 122 valence electrons. The van der Waals surface area contributed by atoms with Gasteiger partial charge in [-0.3, -0.25) is 14.4 Å². The lowest BCUT2D eigenvalue weighted by Gasteiger charge is -2.37. The number of amides is 1. The molecule has 0 aliphatic heterocycles. The van der Waals surface area contributed by atoms with Gasteiger partial charge in [-0.15, -0.1) is 0 Å². The van der Waals surface area contributed by atoms with Gasteiger partial charge in [-0.25, -0.2) is 0 Å². The van der Waals surface area contributed by atoms with E-state index in [0.717, 1.165) is 5.56 Å². The van der Waals surface area contributed by atoms with Gasteiger partial charge in [-0.05, 0) is 42.9 Å². The first kappa shape index (κ1) is 16.2. The van der Waals surface area contributed by atoms with Crippen LogP contribution in [0.25, 0.3) is 0 Å². The van der Waals surface area contributed by atoms with E-state index in [1.165, 1.54) is 0 Å². The van der Waals surface area contributed by atoms with Gasteiger partial charge in [0.05, 0.1) is 0 Å². The van der Waals surface area contributed by atoms with Crippen LogP contribution < -0.4 is 5.32 Å². The number of anilines is 1. The Kier molecular flexibility index (Phi) is 3.28. The van der Waals surface area contributed by atoms with Crippen LogP contribution in [0.1, 0.15) is 39.2 Å². The van der Waals surface area contributed by atoms with E-state index in [4.69, 9.17) is 11.6 Å². The van der Waals surface area contributed by atoms with E-state index in [-0.39, 0.29) is 0 Å². The van der Waals surface area contributed by atoms with Crippen molar-refractivity contribution in [2.45, 2.75) is 40.5 Å². The molecular weight excluding hydrogens is 314 g/mol. The molecule has 1 aromatic rings. The average Bonchev–Trinajstić information content (AvgIpc) is 2.76. The fourth-order valence-corrected chi connectivity index (χ4v) is 4.42. The summed E-state index contributed by atoms with van der Waals surface area (Å²) in [7, 11) is 0. The van der Waals surface area contributed by atoms with Crippen molar-refractivity contribution in [3.63, 3.8) is 0 Å². The number of ketones is 2. The third-order valence-corrected chi connectivity index (χ3v) is 6.85. The summed E-state index contributed by atoms with van der Waals surface area (Å²) in [4.78, 5) is 38.1. The highest BCUT2D eigenvalue weighted by Crippen LogP contribution is 2.69. The zero-order valence-corrected chi connectivity index (χ0v) is 14.5. The molecule has 2 saturated carbocycles. The van der Waals surface area contributed by atoms with Crippen LogP contribution in [-0.4, -0.2) is 17.5 Å². The lowest BCUT2D eigenvalue weighted by Crippen LogP contribution is -2.47. The molecule has 3 rings (SSSR count). The minimum absolute atomic E-state index is 0.396. The number of carbonyl (C=O) groups is 3. The Hall–Kier alpha value is -1.68. The highest BCUT2D eigenvalue weighted by Gasteiger charge is 2.77. The molecule has 5 heteroatoms. The fourth-order valence-electron chi connectivity index (χ4n) is 4.24. The predicted molar refractivity (Wildman–Crippen MR) is 88.4 cm³/mol. The van der Waals surface area contributed by atoms with E-state index < -0.39 is 33.7 Å². The smallest absolute Gasteiger partial charge is 0.239 e. The summed E-state index contributed by atoms with van der Waals surface area (Å²) in [5.41, 5.74) is -1.42. The van der Waals surface area contributed by atoms with Crippen molar-refractivity contribution in [1.82, 2.24) is 0 Å². The number of nitrogens with one attached hydrogen (secondary N) is 1. The van der Waals surface area contributed by atoms with Gasteiger partial charge in [0.25, 0.3) is 0 Å². The molecule has 0 radical (unpaired) electrons. The summed E-state index contributed by atoms with van der Waals surface area (Å²) in [6.45, 7) is 7.32. The molecule has 1 aromatic carbocycles. The van der Waals surface area contributed by atoms with Crippen molar-refractivity contribution in [2.75, 3.05) is 5.32 Å². The Labute approximate surface area is 140 Å². The van der Waals surface area contributed by atoms with E-state index >= 15 is 0 Å². The van der Waals surface area contributed by atoms with Gasteiger partial charge >= 0.3 is 0 Å². The molecule has 0 heterocycles. The summed E-state index contributed by atoms with van der Waals surface area (Å²) in [6, 6.07) is 5.23. The third kappa shape index (κ3) is 1.70. The van der Waals surface area contributed by atoms with E-state index in [0.29, 0.717) is 23.6 Å². The number of benzene rings is 1. The van der Waals surface area contributed by atoms with Crippen molar-refractivity contribution in [3.05, 3.63) is 28.8 Å². The Morgan fingerprint density at radius 3 is 2.35 bits per heavy atom. The van der Waals surface area contributed by atoms with Crippen molar-refractivity contribution < 1.29 is 14.4 Å². The maximum atomic E-state index is 13.0. The number of hydrogen-bond donors (Lipinski definition) is 1. The molecule has 23 heavy (non-hydrogen) atoms.